The molecule has 4 rings (SSSR count). The number of amides is 1. The van der Waals surface area contributed by atoms with Crippen molar-refractivity contribution in [1.82, 2.24) is 14.9 Å². The van der Waals surface area contributed by atoms with Gasteiger partial charge in [0.25, 0.3) is 5.91 Å². The number of rotatable bonds is 3. The molecule has 24 heavy (non-hydrogen) atoms. The molecule has 2 aromatic heterocycles. The lowest BCUT2D eigenvalue weighted by Gasteiger charge is -2.22. The van der Waals surface area contributed by atoms with Gasteiger partial charge in [0.15, 0.2) is 0 Å². The number of carbonyl (C=O) groups excluding carboxylic acids is 1. The quantitative estimate of drug-likeness (QED) is 0.871. The number of aryl methyl sites for hydroxylation is 1. The predicted molar refractivity (Wildman–Crippen MR) is 89.7 cm³/mol. The minimum absolute atomic E-state index is 0.0927. The molecule has 2 aliphatic rings. The Morgan fingerprint density at radius 1 is 1.21 bits per heavy atom. The molecule has 0 unspecified atom stereocenters. The van der Waals surface area contributed by atoms with Crippen LogP contribution in [0.25, 0.3) is 0 Å². The first kappa shape index (κ1) is 15.1. The van der Waals surface area contributed by atoms with E-state index in [1.807, 2.05) is 36.1 Å². The van der Waals surface area contributed by atoms with Crippen LogP contribution in [-0.2, 0) is 0 Å². The smallest absolute Gasteiger partial charge is 0.255 e. The highest BCUT2D eigenvalue weighted by Gasteiger charge is 2.45. The number of nitrogens with zero attached hydrogens (tertiary/aromatic N) is 3. The zero-order valence-corrected chi connectivity index (χ0v) is 13.8. The van der Waals surface area contributed by atoms with Gasteiger partial charge >= 0.3 is 0 Å². The fourth-order valence-electron chi connectivity index (χ4n) is 4.00. The van der Waals surface area contributed by atoms with Gasteiger partial charge in [0.1, 0.15) is 11.9 Å². The summed E-state index contributed by atoms with van der Waals surface area (Å²) in [6.45, 7) is 3.48. The molecule has 124 valence electrons. The third-order valence-corrected chi connectivity index (χ3v) is 5.24. The van der Waals surface area contributed by atoms with Gasteiger partial charge in [0, 0.05) is 37.1 Å². The fraction of sp³-hybridized carbons (Fsp3) is 0.421. The van der Waals surface area contributed by atoms with Crippen molar-refractivity contribution in [3.05, 3.63) is 54.1 Å². The molecule has 3 heterocycles. The van der Waals surface area contributed by atoms with Crippen LogP contribution >= 0.6 is 0 Å². The van der Waals surface area contributed by atoms with Crippen LogP contribution in [0.2, 0.25) is 0 Å². The lowest BCUT2D eigenvalue weighted by Crippen LogP contribution is -2.33. The molecule has 0 radical (unpaired) electrons. The second kappa shape index (κ2) is 6.23. The van der Waals surface area contributed by atoms with Crippen molar-refractivity contribution < 1.29 is 9.53 Å². The molecule has 5 heteroatoms. The van der Waals surface area contributed by atoms with Crippen molar-refractivity contribution in [2.75, 3.05) is 13.1 Å². The van der Waals surface area contributed by atoms with Gasteiger partial charge in [0.05, 0.1) is 11.8 Å². The summed E-state index contributed by atoms with van der Waals surface area (Å²) in [5.74, 6) is 1.85. The molecule has 0 N–H and O–H groups in total. The van der Waals surface area contributed by atoms with Crippen LogP contribution in [0.3, 0.4) is 0 Å². The normalized spacial score (nSPS) is 25.5. The minimum Gasteiger partial charge on any atom is -0.488 e. The summed E-state index contributed by atoms with van der Waals surface area (Å²) in [4.78, 5) is 23.1. The summed E-state index contributed by atoms with van der Waals surface area (Å²) < 4.78 is 6.13. The molecule has 1 aliphatic heterocycles. The van der Waals surface area contributed by atoms with Crippen LogP contribution < -0.4 is 4.74 Å². The summed E-state index contributed by atoms with van der Waals surface area (Å²) in [5, 5.41) is 0. The molecular formula is C19H21N3O2. The first-order valence-corrected chi connectivity index (χ1v) is 8.50. The molecule has 0 aromatic carbocycles. The first-order chi connectivity index (χ1) is 11.7. The van der Waals surface area contributed by atoms with Crippen LogP contribution in [-0.4, -0.2) is 40.0 Å². The topological polar surface area (TPSA) is 55.3 Å². The van der Waals surface area contributed by atoms with Crippen LogP contribution in [0.4, 0.5) is 0 Å². The Labute approximate surface area is 141 Å². The standard InChI is InChI=1S/C19H21N3O2/c1-13-16(5-3-9-21-13)19(23)22-11-14-6-7-18(17(14)12-22)24-15-4-2-8-20-10-15/h2-5,8-10,14,17-18H,6-7,11-12H2,1H3/t14-,17+,18-/m1/s1. The Balaban J connectivity index is 1.46. The summed E-state index contributed by atoms with van der Waals surface area (Å²) in [6.07, 6.45) is 7.57. The monoisotopic (exact) mass is 323 g/mol. The van der Waals surface area contributed by atoms with Crippen molar-refractivity contribution in [1.29, 1.82) is 0 Å². The number of hydrogen-bond acceptors (Lipinski definition) is 4. The summed E-state index contributed by atoms with van der Waals surface area (Å²) in [5.41, 5.74) is 1.50. The van der Waals surface area contributed by atoms with E-state index in [9.17, 15) is 4.79 Å². The summed E-state index contributed by atoms with van der Waals surface area (Å²) in [6, 6.07) is 7.52. The predicted octanol–water partition coefficient (Wildman–Crippen LogP) is 2.71. The average Bonchev–Trinajstić information content (AvgIpc) is 3.18. The largest absolute Gasteiger partial charge is 0.488 e. The number of carbonyl (C=O) groups is 1. The highest BCUT2D eigenvalue weighted by atomic mass is 16.5. The van der Waals surface area contributed by atoms with Gasteiger partial charge in [-0.3, -0.25) is 14.8 Å². The number of hydrogen-bond donors (Lipinski definition) is 0. The minimum atomic E-state index is 0.0927. The molecule has 1 saturated carbocycles. The van der Waals surface area contributed by atoms with E-state index in [0.29, 0.717) is 17.4 Å². The molecule has 1 aliphatic carbocycles. The Kier molecular flexibility index (Phi) is 3.92. The maximum atomic E-state index is 12.8. The Morgan fingerprint density at radius 3 is 2.88 bits per heavy atom. The zero-order chi connectivity index (χ0) is 16.5. The third-order valence-electron chi connectivity index (χ3n) is 5.24. The van der Waals surface area contributed by atoms with Crippen molar-refractivity contribution >= 4 is 5.91 Å². The van der Waals surface area contributed by atoms with E-state index >= 15 is 0 Å². The van der Waals surface area contributed by atoms with Crippen molar-refractivity contribution in [2.24, 2.45) is 11.8 Å². The van der Waals surface area contributed by atoms with E-state index in [1.54, 1.807) is 18.6 Å². The van der Waals surface area contributed by atoms with Gasteiger partial charge in [-0.05, 0) is 49.9 Å². The lowest BCUT2D eigenvalue weighted by molar-refractivity contribution is 0.0761. The van der Waals surface area contributed by atoms with E-state index < -0.39 is 0 Å². The van der Waals surface area contributed by atoms with Crippen LogP contribution in [0.1, 0.15) is 28.9 Å². The maximum Gasteiger partial charge on any atom is 0.255 e. The second-order valence-corrected chi connectivity index (χ2v) is 6.69. The number of fused-ring (bicyclic) bond motifs is 1. The second-order valence-electron chi connectivity index (χ2n) is 6.69. The van der Waals surface area contributed by atoms with Gasteiger partial charge in [-0.2, -0.15) is 0 Å². The molecule has 3 atom stereocenters. The van der Waals surface area contributed by atoms with Crippen LogP contribution in [0.5, 0.6) is 5.75 Å². The van der Waals surface area contributed by atoms with Crippen molar-refractivity contribution in [3.63, 3.8) is 0 Å². The maximum absolute atomic E-state index is 12.8. The molecule has 5 nitrogen and oxygen atoms in total. The van der Waals surface area contributed by atoms with Crippen LogP contribution in [0.15, 0.2) is 42.9 Å². The molecule has 1 saturated heterocycles. The van der Waals surface area contributed by atoms with Crippen LogP contribution in [0, 0.1) is 18.8 Å². The molecule has 0 spiro atoms. The summed E-state index contributed by atoms with van der Waals surface area (Å²) in [7, 11) is 0. The first-order valence-electron chi connectivity index (χ1n) is 8.50. The van der Waals surface area contributed by atoms with Gasteiger partial charge in [-0.15, -0.1) is 0 Å². The van der Waals surface area contributed by atoms with Gasteiger partial charge in [-0.1, -0.05) is 0 Å². The number of ether oxygens (including phenoxy) is 1. The number of pyridine rings is 2. The van der Waals surface area contributed by atoms with Crippen molar-refractivity contribution in [2.45, 2.75) is 25.9 Å². The summed E-state index contributed by atoms with van der Waals surface area (Å²) >= 11 is 0. The van der Waals surface area contributed by atoms with E-state index in [2.05, 4.69) is 9.97 Å². The molecule has 1 amide bonds. The van der Waals surface area contributed by atoms with E-state index in [0.717, 1.165) is 37.4 Å². The highest BCUT2D eigenvalue weighted by molar-refractivity contribution is 5.95. The van der Waals surface area contributed by atoms with Gasteiger partial charge in [0.2, 0.25) is 0 Å². The number of likely N-dealkylation sites (tertiary alicyclic amines) is 1. The van der Waals surface area contributed by atoms with Gasteiger partial charge < -0.3 is 9.64 Å². The van der Waals surface area contributed by atoms with E-state index in [-0.39, 0.29) is 12.0 Å². The lowest BCUT2D eigenvalue weighted by atomic mass is 9.99. The van der Waals surface area contributed by atoms with E-state index in [1.165, 1.54) is 0 Å². The Hall–Kier alpha value is -2.43. The Morgan fingerprint density at radius 2 is 2.08 bits per heavy atom. The Bertz CT molecular complexity index is 734. The zero-order valence-electron chi connectivity index (χ0n) is 13.8. The van der Waals surface area contributed by atoms with Gasteiger partial charge in [-0.25, -0.2) is 0 Å². The SMILES string of the molecule is Cc1ncccc1C(=O)N1C[C@H]2CC[C@@H](Oc3cccnc3)[C@H]2C1. The highest BCUT2D eigenvalue weighted by Crippen LogP contribution is 2.40. The third kappa shape index (κ3) is 2.75. The number of aromatic nitrogens is 2. The van der Waals surface area contributed by atoms with Crippen molar-refractivity contribution in [3.8, 4) is 5.75 Å². The molecular weight excluding hydrogens is 302 g/mol. The molecule has 2 fully saturated rings. The van der Waals surface area contributed by atoms with E-state index in [4.69, 9.17) is 4.74 Å². The molecule has 2 aromatic rings. The average molecular weight is 323 g/mol. The fourth-order valence-corrected chi connectivity index (χ4v) is 4.00. The molecule has 0 bridgehead atoms.